The zero-order valence-electron chi connectivity index (χ0n) is 14.0. The highest BCUT2D eigenvalue weighted by Gasteiger charge is 2.40. The Balaban J connectivity index is 2.40. The highest BCUT2D eigenvalue weighted by molar-refractivity contribution is 5.71. The maximum atomic E-state index is 5.81. The van der Waals surface area contributed by atoms with Gasteiger partial charge < -0.3 is 11.5 Å². The summed E-state index contributed by atoms with van der Waals surface area (Å²) in [5.74, 6) is 0. The van der Waals surface area contributed by atoms with Gasteiger partial charge in [0.1, 0.15) is 0 Å². The molecule has 4 N–H and O–H groups in total. The van der Waals surface area contributed by atoms with E-state index in [-0.39, 0.29) is 10.8 Å². The first-order valence-corrected chi connectivity index (χ1v) is 7.57. The van der Waals surface area contributed by atoms with E-state index >= 15 is 0 Å². The summed E-state index contributed by atoms with van der Waals surface area (Å²) in [4.78, 5) is 0. The lowest BCUT2D eigenvalue weighted by atomic mass is 9.60. The molecule has 2 aromatic rings. The van der Waals surface area contributed by atoms with E-state index in [1.54, 1.807) is 0 Å². The molecule has 0 fully saturated rings. The van der Waals surface area contributed by atoms with Crippen LogP contribution in [0.3, 0.4) is 0 Å². The predicted octanol–water partition coefficient (Wildman–Crippen LogP) is 4.87. The fraction of sp³-hybridized carbons (Fsp3) is 0.300. The van der Waals surface area contributed by atoms with Gasteiger partial charge >= 0.3 is 0 Å². The third-order valence-electron chi connectivity index (χ3n) is 5.21. The molecule has 0 radical (unpaired) electrons. The smallest absolute Gasteiger partial charge is 0.0314 e. The van der Waals surface area contributed by atoms with Crippen molar-refractivity contribution in [2.24, 2.45) is 5.41 Å². The maximum Gasteiger partial charge on any atom is 0.0314 e. The minimum absolute atomic E-state index is 0.0842. The number of anilines is 2. The van der Waals surface area contributed by atoms with Crippen molar-refractivity contribution in [3.8, 4) is 0 Å². The lowest BCUT2D eigenvalue weighted by molar-refractivity contribution is 0.282. The van der Waals surface area contributed by atoms with Crippen molar-refractivity contribution in [3.63, 3.8) is 0 Å². The van der Waals surface area contributed by atoms with E-state index in [2.05, 4.69) is 46.4 Å². The van der Waals surface area contributed by atoms with Crippen molar-refractivity contribution >= 4 is 16.9 Å². The Morgan fingerprint density at radius 2 is 1.18 bits per heavy atom. The van der Waals surface area contributed by atoms with Gasteiger partial charge in [-0.25, -0.2) is 0 Å². The van der Waals surface area contributed by atoms with Crippen LogP contribution < -0.4 is 11.5 Å². The van der Waals surface area contributed by atoms with E-state index in [1.165, 1.54) is 5.56 Å². The van der Waals surface area contributed by atoms with Gasteiger partial charge in [-0.3, -0.25) is 0 Å². The van der Waals surface area contributed by atoms with Gasteiger partial charge in [0.25, 0.3) is 0 Å². The fourth-order valence-corrected chi connectivity index (χ4v) is 2.68. The van der Waals surface area contributed by atoms with Gasteiger partial charge in [-0.1, -0.05) is 58.5 Å². The molecule has 0 atom stereocenters. The van der Waals surface area contributed by atoms with E-state index < -0.39 is 0 Å². The molecule has 0 aliphatic rings. The molecule has 0 unspecified atom stereocenters. The molecule has 0 saturated carbocycles. The molecule has 0 aliphatic carbocycles. The van der Waals surface area contributed by atoms with Crippen LogP contribution in [-0.2, 0) is 5.41 Å². The monoisotopic (exact) mass is 294 g/mol. The third kappa shape index (κ3) is 2.74. The molecule has 116 valence electrons. The van der Waals surface area contributed by atoms with Crippen molar-refractivity contribution in [3.05, 3.63) is 66.2 Å². The first-order valence-electron chi connectivity index (χ1n) is 7.57. The standard InChI is InChI=1S/C20H26N2/c1-14(15-6-10-17(21)11-7-15)19(2,3)20(4,5)16-8-12-18(22)13-9-16/h6-13H,1,21-22H2,2-5H3. The van der Waals surface area contributed by atoms with Crippen LogP contribution in [0.25, 0.3) is 5.57 Å². The first-order chi connectivity index (χ1) is 10.2. The molecule has 0 saturated heterocycles. The Labute approximate surface area is 133 Å². The molecular formula is C20H26N2. The Bertz CT molecular complexity index is 662. The van der Waals surface area contributed by atoms with Gasteiger partial charge in [-0.05, 0) is 51.8 Å². The van der Waals surface area contributed by atoms with Crippen molar-refractivity contribution in [1.29, 1.82) is 0 Å². The average Bonchev–Trinajstić information content (AvgIpc) is 2.47. The number of allylic oxidation sites excluding steroid dienone is 1. The number of rotatable bonds is 4. The van der Waals surface area contributed by atoms with Gasteiger partial charge in [0.2, 0.25) is 0 Å². The SMILES string of the molecule is C=C(c1ccc(N)cc1)C(C)(C)C(C)(C)c1ccc(N)cc1. The Morgan fingerprint density at radius 1 is 0.773 bits per heavy atom. The zero-order valence-corrected chi connectivity index (χ0v) is 14.0. The third-order valence-corrected chi connectivity index (χ3v) is 5.21. The molecule has 0 spiro atoms. The molecule has 0 aromatic heterocycles. The largest absolute Gasteiger partial charge is 0.399 e. The van der Waals surface area contributed by atoms with E-state index in [9.17, 15) is 0 Å². The molecule has 0 aliphatic heterocycles. The lowest BCUT2D eigenvalue weighted by Crippen LogP contribution is -2.37. The van der Waals surface area contributed by atoms with Gasteiger partial charge in [0, 0.05) is 11.4 Å². The van der Waals surface area contributed by atoms with Crippen LogP contribution in [0.2, 0.25) is 0 Å². The van der Waals surface area contributed by atoms with Crippen LogP contribution in [0.15, 0.2) is 55.1 Å². The van der Waals surface area contributed by atoms with E-state index in [1.807, 2.05) is 36.4 Å². The highest BCUT2D eigenvalue weighted by atomic mass is 14.5. The second-order valence-corrected chi connectivity index (χ2v) is 6.97. The molecule has 2 aromatic carbocycles. The van der Waals surface area contributed by atoms with Crippen LogP contribution in [0.5, 0.6) is 0 Å². The summed E-state index contributed by atoms with van der Waals surface area (Å²) in [6.45, 7) is 13.3. The van der Waals surface area contributed by atoms with E-state index in [0.29, 0.717) is 0 Å². The first kappa shape index (κ1) is 16.2. The average molecular weight is 294 g/mol. The van der Waals surface area contributed by atoms with Crippen molar-refractivity contribution in [1.82, 2.24) is 0 Å². The van der Waals surface area contributed by atoms with Crippen LogP contribution in [0.1, 0.15) is 38.8 Å². The van der Waals surface area contributed by atoms with Crippen molar-refractivity contribution in [2.45, 2.75) is 33.1 Å². The van der Waals surface area contributed by atoms with E-state index in [0.717, 1.165) is 22.5 Å². The summed E-state index contributed by atoms with van der Waals surface area (Å²) in [5, 5.41) is 0. The number of hydrogen-bond acceptors (Lipinski definition) is 2. The second-order valence-electron chi connectivity index (χ2n) is 6.97. The van der Waals surface area contributed by atoms with Gasteiger partial charge in [-0.2, -0.15) is 0 Å². The summed E-state index contributed by atoms with van der Waals surface area (Å²) in [6, 6.07) is 16.1. The molecule has 0 bridgehead atoms. The molecule has 0 amide bonds. The number of hydrogen-bond donors (Lipinski definition) is 2. The highest BCUT2D eigenvalue weighted by Crippen LogP contribution is 2.49. The molecular weight excluding hydrogens is 268 g/mol. The summed E-state index contributed by atoms with van der Waals surface area (Å²) in [7, 11) is 0. The molecule has 2 rings (SSSR count). The van der Waals surface area contributed by atoms with Crippen molar-refractivity contribution in [2.75, 3.05) is 11.5 Å². The Kier molecular flexibility index (Phi) is 4.06. The quantitative estimate of drug-likeness (QED) is 0.790. The molecule has 2 nitrogen and oxygen atoms in total. The fourth-order valence-electron chi connectivity index (χ4n) is 2.68. The molecule has 2 heteroatoms. The summed E-state index contributed by atoms with van der Waals surface area (Å²) in [6.07, 6.45) is 0. The van der Waals surface area contributed by atoms with Gasteiger partial charge in [0.05, 0.1) is 0 Å². The second kappa shape index (κ2) is 5.53. The van der Waals surface area contributed by atoms with Crippen LogP contribution in [-0.4, -0.2) is 0 Å². The number of nitrogens with two attached hydrogens (primary N) is 2. The summed E-state index contributed by atoms with van der Waals surface area (Å²) >= 11 is 0. The van der Waals surface area contributed by atoms with Crippen LogP contribution in [0.4, 0.5) is 11.4 Å². The minimum Gasteiger partial charge on any atom is -0.399 e. The molecule has 0 heterocycles. The lowest BCUT2D eigenvalue weighted by Gasteiger charge is -2.44. The van der Waals surface area contributed by atoms with Crippen LogP contribution >= 0.6 is 0 Å². The number of benzene rings is 2. The molecule has 22 heavy (non-hydrogen) atoms. The zero-order chi connectivity index (χ0) is 16.5. The van der Waals surface area contributed by atoms with E-state index in [4.69, 9.17) is 11.5 Å². The Hall–Kier alpha value is -2.22. The van der Waals surface area contributed by atoms with Crippen LogP contribution in [0, 0.1) is 5.41 Å². The van der Waals surface area contributed by atoms with Gasteiger partial charge in [-0.15, -0.1) is 0 Å². The summed E-state index contributed by atoms with van der Waals surface area (Å²) < 4.78 is 0. The van der Waals surface area contributed by atoms with Gasteiger partial charge in [0.15, 0.2) is 0 Å². The maximum absolute atomic E-state index is 5.81. The summed E-state index contributed by atoms with van der Waals surface area (Å²) in [5.41, 5.74) is 16.4. The normalized spacial score (nSPS) is 12.2. The predicted molar refractivity (Wildman–Crippen MR) is 97.5 cm³/mol. The topological polar surface area (TPSA) is 52.0 Å². The van der Waals surface area contributed by atoms with Crippen molar-refractivity contribution < 1.29 is 0 Å². The minimum atomic E-state index is -0.126. The number of nitrogen functional groups attached to an aromatic ring is 2. The Morgan fingerprint density at radius 3 is 1.64 bits per heavy atom.